The van der Waals surface area contributed by atoms with E-state index in [0.29, 0.717) is 25.5 Å². The Kier molecular flexibility index (Phi) is 4.06. The molecule has 1 amide bonds. The third-order valence-corrected chi connectivity index (χ3v) is 3.60. The van der Waals surface area contributed by atoms with Crippen LogP contribution in [0.1, 0.15) is 11.5 Å². The van der Waals surface area contributed by atoms with Gasteiger partial charge in [-0.05, 0) is 13.0 Å². The fraction of sp³-hybridized carbons (Fsp3) is 0.400. The van der Waals surface area contributed by atoms with E-state index in [1.54, 1.807) is 24.3 Å². The molecule has 1 aliphatic rings. The molecule has 0 atom stereocenters. The van der Waals surface area contributed by atoms with Crippen LogP contribution in [0.3, 0.4) is 0 Å². The standard InChI is InChI=1S/C15H18N4O3/c1-11-7-13(22-17-11)9-18-5-6-19(15(20)10-18)12-3-4-16-14(8-12)21-2/h3-4,7-8H,5-6,9-10H2,1-2H3. The van der Waals surface area contributed by atoms with E-state index >= 15 is 0 Å². The normalized spacial score (nSPS) is 16.1. The number of rotatable bonds is 4. The lowest BCUT2D eigenvalue weighted by molar-refractivity contribution is -0.121. The van der Waals surface area contributed by atoms with Crippen LogP contribution >= 0.6 is 0 Å². The summed E-state index contributed by atoms with van der Waals surface area (Å²) < 4.78 is 10.3. The summed E-state index contributed by atoms with van der Waals surface area (Å²) in [4.78, 5) is 20.2. The summed E-state index contributed by atoms with van der Waals surface area (Å²) in [5, 5.41) is 3.86. The number of carbonyl (C=O) groups excluding carboxylic acids is 1. The molecule has 0 unspecified atom stereocenters. The van der Waals surface area contributed by atoms with Crippen molar-refractivity contribution < 1.29 is 14.1 Å². The summed E-state index contributed by atoms with van der Waals surface area (Å²) in [6, 6.07) is 5.48. The maximum Gasteiger partial charge on any atom is 0.241 e. The van der Waals surface area contributed by atoms with Crippen LogP contribution in [0.4, 0.5) is 5.69 Å². The highest BCUT2D eigenvalue weighted by Crippen LogP contribution is 2.21. The number of amides is 1. The van der Waals surface area contributed by atoms with Gasteiger partial charge < -0.3 is 14.2 Å². The summed E-state index contributed by atoms with van der Waals surface area (Å²) in [6.45, 7) is 4.23. The SMILES string of the molecule is COc1cc(N2CCN(Cc3cc(C)no3)CC2=O)ccn1. The minimum Gasteiger partial charge on any atom is -0.481 e. The summed E-state index contributed by atoms with van der Waals surface area (Å²) in [5.41, 5.74) is 1.66. The van der Waals surface area contributed by atoms with E-state index in [-0.39, 0.29) is 5.91 Å². The van der Waals surface area contributed by atoms with E-state index < -0.39 is 0 Å². The number of aromatic nitrogens is 2. The third kappa shape index (κ3) is 3.09. The molecule has 1 aliphatic heterocycles. The van der Waals surface area contributed by atoms with Crippen LogP contribution in [0, 0.1) is 6.92 Å². The molecule has 2 aromatic rings. The van der Waals surface area contributed by atoms with Crippen LogP contribution in [-0.4, -0.2) is 47.7 Å². The molecule has 0 bridgehead atoms. The van der Waals surface area contributed by atoms with Crippen LogP contribution in [0.25, 0.3) is 0 Å². The Morgan fingerprint density at radius 1 is 1.36 bits per heavy atom. The number of nitrogens with zero attached hydrogens (tertiary/aromatic N) is 4. The van der Waals surface area contributed by atoms with Gasteiger partial charge in [0.05, 0.1) is 31.6 Å². The van der Waals surface area contributed by atoms with E-state index in [0.717, 1.165) is 23.7 Å². The lowest BCUT2D eigenvalue weighted by atomic mass is 10.2. The predicted molar refractivity (Wildman–Crippen MR) is 79.7 cm³/mol. The molecule has 3 heterocycles. The largest absolute Gasteiger partial charge is 0.481 e. The molecule has 0 spiro atoms. The van der Waals surface area contributed by atoms with Crippen LogP contribution < -0.4 is 9.64 Å². The Bertz CT molecular complexity index is 670. The quantitative estimate of drug-likeness (QED) is 0.846. The van der Waals surface area contributed by atoms with Gasteiger partial charge in [0.2, 0.25) is 11.8 Å². The first kappa shape index (κ1) is 14.5. The number of ether oxygens (including phenoxy) is 1. The Hall–Kier alpha value is -2.41. The van der Waals surface area contributed by atoms with E-state index in [4.69, 9.17) is 9.26 Å². The summed E-state index contributed by atoms with van der Waals surface area (Å²) >= 11 is 0. The smallest absolute Gasteiger partial charge is 0.241 e. The molecule has 3 rings (SSSR count). The van der Waals surface area contributed by atoms with Crippen LogP contribution in [0.2, 0.25) is 0 Å². The highest BCUT2D eigenvalue weighted by molar-refractivity contribution is 5.95. The van der Waals surface area contributed by atoms with Gasteiger partial charge in [0.25, 0.3) is 0 Å². The lowest BCUT2D eigenvalue weighted by Gasteiger charge is -2.33. The Labute approximate surface area is 128 Å². The van der Waals surface area contributed by atoms with Gasteiger partial charge in [-0.2, -0.15) is 0 Å². The van der Waals surface area contributed by atoms with Gasteiger partial charge in [-0.25, -0.2) is 4.98 Å². The number of aryl methyl sites for hydroxylation is 1. The molecule has 1 saturated heterocycles. The molecule has 116 valence electrons. The van der Waals surface area contributed by atoms with Gasteiger partial charge in [-0.15, -0.1) is 0 Å². The average Bonchev–Trinajstić information content (AvgIpc) is 2.92. The molecule has 0 aliphatic carbocycles. The monoisotopic (exact) mass is 302 g/mol. The van der Waals surface area contributed by atoms with Crippen molar-refractivity contribution in [1.82, 2.24) is 15.0 Å². The van der Waals surface area contributed by atoms with Crippen molar-refractivity contribution >= 4 is 11.6 Å². The van der Waals surface area contributed by atoms with Crippen molar-refractivity contribution in [1.29, 1.82) is 0 Å². The first-order valence-electron chi connectivity index (χ1n) is 7.10. The van der Waals surface area contributed by atoms with Crippen molar-refractivity contribution in [3.63, 3.8) is 0 Å². The van der Waals surface area contributed by atoms with Crippen LogP contribution in [-0.2, 0) is 11.3 Å². The molecule has 7 nitrogen and oxygen atoms in total. The van der Waals surface area contributed by atoms with Crippen molar-refractivity contribution in [2.45, 2.75) is 13.5 Å². The zero-order valence-corrected chi connectivity index (χ0v) is 12.7. The summed E-state index contributed by atoms with van der Waals surface area (Å²) in [7, 11) is 1.56. The number of piperazine rings is 1. The zero-order valence-electron chi connectivity index (χ0n) is 12.7. The van der Waals surface area contributed by atoms with Crippen molar-refractivity contribution in [3.05, 3.63) is 35.9 Å². The molecule has 0 aromatic carbocycles. The maximum absolute atomic E-state index is 12.4. The molecule has 7 heteroatoms. The van der Waals surface area contributed by atoms with Gasteiger partial charge in [0.1, 0.15) is 0 Å². The highest BCUT2D eigenvalue weighted by Gasteiger charge is 2.26. The van der Waals surface area contributed by atoms with Crippen LogP contribution in [0.15, 0.2) is 28.9 Å². The number of pyridine rings is 1. The fourth-order valence-corrected chi connectivity index (χ4v) is 2.52. The van der Waals surface area contributed by atoms with E-state index in [2.05, 4.69) is 15.0 Å². The average molecular weight is 302 g/mol. The van der Waals surface area contributed by atoms with Gasteiger partial charge in [-0.1, -0.05) is 5.16 Å². The molecule has 2 aromatic heterocycles. The molecule has 0 saturated carbocycles. The Morgan fingerprint density at radius 3 is 2.91 bits per heavy atom. The van der Waals surface area contributed by atoms with Gasteiger partial charge in [-0.3, -0.25) is 9.69 Å². The van der Waals surface area contributed by atoms with E-state index in [1.807, 2.05) is 19.1 Å². The Morgan fingerprint density at radius 2 is 2.23 bits per heavy atom. The van der Waals surface area contributed by atoms with E-state index in [9.17, 15) is 4.79 Å². The topological polar surface area (TPSA) is 71.7 Å². The molecular formula is C15H18N4O3. The van der Waals surface area contributed by atoms with Crippen LogP contribution in [0.5, 0.6) is 5.88 Å². The molecular weight excluding hydrogens is 284 g/mol. The fourth-order valence-electron chi connectivity index (χ4n) is 2.52. The lowest BCUT2D eigenvalue weighted by Crippen LogP contribution is -2.50. The molecule has 0 radical (unpaired) electrons. The van der Waals surface area contributed by atoms with E-state index in [1.165, 1.54) is 0 Å². The molecule has 22 heavy (non-hydrogen) atoms. The number of hydrogen-bond acceptors (Lipinski definition) is 6. The minimum atomic E-state index is 0.0516. The van der Waals surface area contributed by atoms with Crippen molar-refractivity contribution in [3.8, 4) is 5.88 Å². The summed E-state index contributed by atoms with van der Waals surface area (Å²) in [6.07, 6.45) is 1.64. The Balaban J connectivity index is 1.65. The predicted octanol–water partition coefficient (Wildman–Crippen LogP) is 1.24. The minimum absolute atomic E-state index is 0.0516. The number of carbonyl (C=O) groups is 1. The van der Waals surface area contributed by atoms with Gasteiger partial charge in [0.15, 0.2) is 5.76 Å². The first-order valence-corrected chi connectivity index (χ1v) is 7.10. The second-order valence-corrected chi connectivity index (χ2v) is 5.25. The summed E-state index contributed by atoms with van der Waals surface area (Å²) in [5.74, 6) is 1.34. The van der Waals surface area contributed by atoms with Gasteiger partial charge >= 0.3 is 0 Å². The second kappa shape index (κ2) is 6.15. The number of methoxy groups -OCH3 is 1. The van der Waals surface area contributed by atoms with Crippen molar-refractivity contribution in [2.75, 3.05) is 31.6 Å². The number of hydrogen-bond donors (Lipinski definition) is 0. The number of anilines is 1. The highest BCUT2D eigenvalue weighted by atomic mass is 16.5. The van der Waals surface area contributed by atoms with Gasteiger partial charge in [0, 0.05) is 31.4 Å². The molecule has 0 N–H and O–H groups in total. The second-order valence-electron chi connectivity index (χ2n) is 5.25. The maximum atomic E-state index is 12.4. The van der Waals surface area contributed by atoms with Crippen molar-refractivity contribution in [2.24, 2.45) is 0 Å². The zero-order chi connectivity index (χ0) is 15.5. The first-order chi connectivity index (χ1) is 10.7. The molecule has 1 fully saturated rings. The third-order valence-electron chi connectivity index (χ3n) is 3.60.